The summed E-state index contributed by atoms with van der Waals surface area (Å²) in [5.41, 5.74) is 1.83. The summed E-state index contributed by atoms with van der Waals surface area (Å²) in [5, 5.41) is 0. The number of rotatable bonds is 5. The Kier molecular flexibility index (Phi) is 8.64. The van der Waals surface area contributed by atoms with Crippen molar-refractivity contribution in [3.05, 3.63) is 66.7 Å². The van der Waals surface area contributed by atoms with Gasteiger partial charge in [0.15, 0.2) is 0 Å². The third kappa shape index (κ3) is 9.36. The molecule has 0 heterocycles. The van der Waals surface area contributed by atoms with E-state index in [1.807, 2.05) is 63.2 Å². The fourth-order valence-corrected chi connectivity index (χ4v) is 3.61. The molecule has 0 atom stereocenters. The second kappa shape index (κ2) is 11.4. The van der Waals surface area contributed by atoms with Crippen LogP contribution in [0.2, 0.25) is 0 Å². The second-order valence-electron chi connectivity index (χ2n) is 12.1. The van der Waals surface area contributed by atoms with E-state index in [9.17, 15) is 9.59 Å². The van der Waals surface area contributed by atoms with Gasteiger partial charge < -0.3 is 23.7 Å². The van der Waals surface area contributed by atoms with Gasteiger partial charge in [-0.15, -0.1) is 0 Å². The van der Waals surface area contributed by atoms with Gasteiger partial charge in [-0.25, -0.2) is 9.59 Å². The largest absolute Gasteiger partial charge is 0.514 e. The van der Waals surface area contributed by atoms with Crippen LogP contribution >= 0.6 is 0 Å². The van der Waals surface area contributed by atoms with Gasteiger partial charge in [-0.3, -0.25) is 0 Å². The summed E-state index contributed by atoms with van der Waals surface area (Å²) in [7, 11) is 0. The lowest BCUT2D eigenvalue weighted by Gasteiger charge is -2.25. The van der Waals surface area contributed by atoms with Crippen molar-refractivity contribution < 1.29 is 33.3 Å². The molecule has 0 unspecified atom stereocenters. The number of carbonyl (C=O) groups is 2. The molecule has 0 aliphatic heterocycles. The van der Waals surface area contributed by atoms with Crippen LogP contribution in [0.15, 0.2) is 66.7 Å². The quantitative estimate of drug-likeness (QED) is 0.239. The van der Waals surface area contributed by atoms with Gasteiger partial charge in [-0.2, -0.15) is 0 Å². The van der Waals surface area contributed by atoms with Gasteiger partial charge in [0.2, 0.25) is 0 Å². The molecule has 0 radical (unpaired) electrons. The van der Waals surface area contributed by atoms with Crippen molar-refractivity contribution in [1.29, 1.82) is 0 Å². The molecule has 0 amide bonds. The molecule has 0 aliphatic rings. The molecule has 0 bridgehead atoms. The van der Waals surface area contributed by atoms with Crippen molar-refractivity contribution >= 4 is 12.3 Å². The maximum absolute atomic E-state index is 12.1. The van der Waals surface area contributed by atoms with E-state index in [4.69, 9.17) is 23.7 Å². The predicted molar refractivity (Wildman–Crippen MR) is 151 cm³/mol. The monoisotopic (exact) mass is 534 g/mol. The summed E-state index contributed by atoms with van der Waals surface area (Å²) in [4.78, 5) is 24.2. The van der Waals surface area contributed by atoms with Crippen LogP contribution in [0.5, 0.6) is 17.2 Å². The first kappa shape index (κ1) is 29.6. The number of hydrogen-bond donors (Lipinski definition) is 0. The van der Waals surface area contributed by atoms with Gasteiger partial charge in [0.05, 0.1) is 0 Å². The molecule has 0 N–H and O–H groups in total. The van der Waals surface area contributed by atoms with E-state index in [0.29, 0.717) is 17.2 Å². The molecule has 7 heteroatoms. The molecule has 3 rings (SSSR count). The number of ether oxygens (including phenoxy) is 5. The van der Waals surface area contributed by atoms with Crippen LogP contribution in [0, 0.1) is 0 Å². The van der Waals surface area contributed by atoms with Crippen LogP contribution in [0.25, 0.3) is 22.3 Å². The van der Waals surface area contributed by atoms with E-state index in [2.05, 4.69) is 0 Å². The lowest BCUT2D eigenvalue weighted by atomic mass is 9.93. The van der Waals surface area contributed by atoms with E-state index >= 15 is 0 Å². The lowest BCUT2D eigenvalue weighted by molar-refractivity contribution is 0.0193. The number of carbonyl (C=O) groups excluding carboxylic acids is 2. The summed E-state index contributed by atoms with van der Waals surface area (Å²) < 4.78 is 27.5. The first-order chi connectivity index (χ1) is 18.0. The van der Waals surface area contributed by atoms with Crippen LogP contribution in [-0.4, -0.2) is 29.1 Å². The maximum Gasteiger partial charge on any atom is 0.514 e. The SMILES string of the molecule is CC(C)(C)OC(=O)Oc1ccc(-c2cccc(OC(C)(C)C)c2-c2ccc(OC(=O)OC(C)(C)C)cc2)cc1. The molecular formula is C32H38O7. The average molecular weight is 535 g/mol. The summed E-state index contributed by atoms with van der Waals surface area (Å²) >= 11 is 0. The van der Waals surface area contributed by atoms with Crippen molar-refractivity contribution in [2.75, 3.05) is 0 Å². The zero-order valence-electron chi connectivity index (χ0n) is 24.2. The van der Waals surface area contributed by atoms with E-state index in [1.165, 1.54) is 0 Å². The topological polar surface area (TPSA) is 80.3 Å². The molecule has 39 heavy (non-hydrogen) atoms. The molecule has 208 valence electrons. The first-order valence-corrected chi connectivity index (χ1v) is 12.8. The van der Waals surface area contributed by atoms with Crippen LogP contribution in [0.3, 0.4) is 0 Å². The molecule has 7 nitrogen and oxygen atoms in total. The fourth-order valence-electron chi connectivity index (χ4n) is 3.61. The van der Waals surface area contributed by atoms with E-state index in [1.54, 1.807) is 65.8 Å². The van der Waals surface area contributed by atoms with Crippen LogP contribution in [0.4, 0.5) is 9.59 Å². The van der Waals surface area contributed by atoms with Crippen LogP contribution < -0.4 is 14.2 Å². The molecule has 3 aromatic rings. The minimum atomic E-state index is -0.763. The summed E-state index contributed by atoms with van der Waals surface area (Å²) in [6.45, 7) is 16.6. The number of hydrogen-bond acceptors (Lipinski definition) is 7. The molecular weight excluding hydrogens is 496 g/mol. The Morgan fingerprint density at radius 1 is 0.538 bits per heavy atom. The molecule has 0 saturated carbocycles. The average Bonchev–Trinajstić information content (AvgIpc) is 2.76. The third-order valence-corrected chi connectivity index (χ3v) is 4.93. The Hall–Kier alpha value is -4.00. The van der Waals surface area contributed by atoms with Crippen LogP contribution in [0.1, 0.15) is 62.3 Å². The molecule has 0 aliphatic carbocycles. The Balaban J connectivity index is 1.95. The second-order valence-corrected chi connectivity index (χ2v) is 12.1. The summed E-state index contributed by atoms with van der Waals surface area (Å²) in [5.74, 6) is 1.45. The predicted octanol–water partition coefficient (Wildman–Crippen LogP) is 8.83. The standard InChI is InChI=1S/C32H38O7/c1-30(2,3)37-26-12-10-11-25(21-13-17-23(18-14-21)35-28(33)38-31(4,5)6)27(26)22-15-19-24(20-16-22)36-29(34)39-32(7,8)9/h10-20H,1-9H3. The van der Waals surface area contributed by atoms with E-state index < -0.39 is 29.1 Å². The van der Waals surface area contributed by atoms with Crippen molar-refractivity contribution in [3.8, 4) is 39.5 Å². The van der Waals surface area contributed by atoms with Gasteiger partial charge in [-0.05, 0) is 109 Å². The third-order valence-electron chi connectivity index (χ3n) is 4.93. The fraction of sp³-hybridized carbons (Fsp3) is 0.375. The highest BCUT2D eigenvalue weighted by molar-refractivity contribution is 5.88. The summed E-state index contributed by atoms with van der Waals surface area (Å²) in [6.07, 6.45) is -1.52. The van der Waals surface area contributed by atoms with Crippen molar-refractivity contribution in [3.63, 3.8) is 0 Å². The summed E-state index contributed by atoms with van der Waals surface area (Å²) in [6, 6.07) is 20.2. The van der Waals surface area contributed by atoms with Gasteiger partial charge in [-0.1, -0.05) is 36.4 Å². The van der Waals surface area contributed by atoms with Crippen molar-refractivity contribution in [2.24, 2.45) is 0 Å². The Labute approximate surface area is 231 Å². The Bertz CT molecular complexity index is 1290. The highest BCUT2D eigenvalue weighted by Gasteiger charge is 2.21. The molecule has 3 aromatic carbocycles. The Morgan fingerprint density at radius 2 is 0.974 bits per heavy atom. The lowest BCUT2D eigenvalue weighted by Crippen LogP contribution is -2.26. The number of benzene rings is 3. The molecule has 0 saturated heterocycles. The first-order valence-electron chi connectivity index (χ1n) is 12.8. The molecule has 0 fully saturated rings. The minimum Gasteiger partial charge on any atom is -0.487 e. The normalized spacial score (nSPS) is 11.9. The highest BCUT2D eigenvalue weighted by atomic mass is 16.7. The van der Waals surface area contributed by atoms with Crippen molar-refractivity contribution in [2.45, 2.75) is 79.1 Å². The van der Waals surface area contributed by atoms with E-state index in [-0.39, 0.29) is 0 Å². The molecule has 0 spiro atoms. The smallest absolute Gasteiger partial charge is 0.487 e. The van der Waals surface area contributed by atoms with Gasteiger partial charge in [0.25, 0.3) is 0 Å². The highest BCUT2D eigenvalue weighted by Crippen LogP contribution is 2.41. The van der Waals surface area contributed by atoms with Crippen LogP contribution in [-0.2, 0) is 9.47 Å². The van der Waals surface area contributed by atoms with Gasteiger partial charge in [0.1, 0.15) is 34.1 Å². The van der Waals surface area contributed by atoms with E-state index in [0.717, 1.165) is 22.3 Å². The Morgan fingerprint density at radius 3 is 1.38 bits per heavy atom. The minimum absolute atomic E-state index is 0.368. The van der Waals surface area contributed by atoms with Crippen molar-refractivity contribution in [1.82, 2.24) is 0 Å². The molecule has 0 aromatic heterocycles. The van der Waals surface area contributed by atoms with Gasteiger partial charge >= 0.3 is 12.3 Å². The van der Waals surface area contributed by atoms with Gasteiger partial charge in [0, 0.05) is 5.56 Å². The zero-order valence-corrected chi connectivity index (χ0v) is 24.2. The zero-order chi connectivity index (χ0) is 29.0. The maximum atomic E-state index is 12.1.